The van der Waals surface area contributed by atoms with Crippen LogP contribution in [0.3, 0.4) is 0 Å². The van der Waals surface area contributed by atoms with E-state index in [1.165, 1.54) is 51.3 Å². The summed E-state index contributed by atoms with van der Waals surface area (Å²) in [6.45, 7) is 3.34. The third-order valence-corrected chi connectivity index (χ3v) is 4.81. The Bertz CT molecular complexity index is 514. The van der Waals surface area contributed by atoms with Crippen molar-refractivity contribution in [2.45, 2.75) is 38.1 Å². The Morgan fingerprint density at radius 3 is 2.86 bits per heavy atom. The van der Waals surface area contributed by atoms with Gasteiger partial charge in [0, 0.05) is 30.4 Å². The molecule has 2 fully saturated rings. The van der Waals surface area contributed by atoms with Crippen LogP contribution in [0.2, 0.25) is 0 Å². The van der Waals surface area contributed by atoms with Crippen LogP contribution in [0, 0.1) is 5.92 Å². The van der Waals surface area contributed by atoms with E-state index < -0.39 is 0 Å². The monoisotopic (exact) mass is 288 g/mol. The molecule has 3 rings (SSSR count). The van der Waals surface area contributed by atoms with Gasteiger partial charge in [-0.2, -0.15) is 0 Å². The van der Waals surface area contributed by atoms with Crippen LogP contribution in [0.5, 0.6) is 11.5 Å². The highest BCUT2D eigenvalue weighted by Gasteiger charge is 2.32. The Kier molecular flexibility index (Phi) is 4.44. The predicted octanol–water partition coefficient (Wildman–Crippen LogP) is 2.78. The maximum Gasteiger partial charge on any atom is 0.128 e. The minimum absolute atomic E-state index is 0.0785. The van der Waals surface area contributed by atoms with Crippen LogP contribution >= 0.6 is 0 Å². The first-order chi connectivity index (χ1) is 10.2. The second kappa shape index (κ2) is 6.48. The summed E-state index contributed by atoms with van der Waals surface area (Å²) in [4.78, 5) is 7.20. The minimum atomic E-state index is 0.0785. The van der Waals surface area contributed by atoms with Gasteiger partial charge in [-0.15, -0.1) is 0 Å². The number of rotatable bonds is 3. The minimum Gasteiger partial charge on any atom is -0.508 e. The zero-order chi connectivity index (χ0) is 14.7. The molecule has 1 aromatic carbocycles. The Balaban J connectivity index is 1.62. The zero-order valence-electron chi connectivity index (χ0n) is 12.4. The molecule has 2 saturated heterocycles. The largest absolute Gasteiger partial charge is 0.508 e. The van der Waals surface area contributed by atoms with E-state index in [2.05, 4.69) is 9.89 Å². The highest BCUT2D eigenvalue weighted by atomic mass is 16.3. The van der Waals surface area contributed by atoms with Crippen molar-refractivity contribution in [2.75, 3.05) is 19.6 Å². The number of fused-ring (bicyclic) bond motifs is 1. The van der Waals surface area contributed by atoms with Crippen LogP contribution in [-0.2, 0) is 0 Å². The number of phenolic OH excluding ortho intramolecular Hbond substituents is 2. The Labute approximate surface area is 126 Å². The van der Waals surface area contributed by atoms with Gasteiger partial charge >= 0.3 is 0 Å². The molecule has 2 aliphatic heterocycles. The summed E-state index contributed by atoms with van der Waals surface area (Å²) in [7, 11) is 0. The molecule has 114 valence electrons. The van der Waals surface area contributed by atoms with Crippen molar-refractivity contribution in [2.24, 2.45) is 10.9 Å². The van der Waals surface area contributed by atoms with Crippen molar-refractivity contribution in [3.05, 3.63) is 23.8 Å². The van der Waals surface area contributed by atoms with Gasteiger partial charge in [0.2, 0.25) is 0 Å². The Morgan fingerprint density at radius 2 is 2.00 bits per heavy atom. The van der Waals surface area contributed by atoms with Crippen LogP contribution in [0.1, 0.15) is 37.7 Å². The molecule has 2 N–H and O–H groups in total. The maximum absolute atomic E-state index is 9.76. The number of phenols is 2. The fourth-order valence-corrected chi connectivity index (χ4v) is 3.72. The van der Waals surface area contributed by atoms with Crippen molar-refractivity contribution in [1.29, 1.82) is 0 Å². The highest BCUT2D eigenvalue weighted by Crippen LogP contribution is 2.31. The van der Waals surface area contributed by atoms with Crippen LogP contribution in [0.4, 0.5) is 0 Å². The molecule has 2 heterocycles. The quantitative estimate of drug-likeness (QED) is 0.841. The summed E-state index contributed by atoms with van der Waals surface area (Å²) in [6.07, 6.45) is 8.27. The van der Waals surface area contributed by atoms with E-state index in [0.717, 1.165) is 6.54 Å². The molecule has 1 aromatic rings. The van der Waals surface area contributed by atoms with E-state index in [-0.39, 0.29) is 11.5 Å². The number of benzene rings is 1. The van der Waals surface area contributed by atoms with Crippen LogP contribution in [0.25, 0.3) is 0 Å². The van der Waals surface area contributed by atoms with Crippen molar-refractivity contribution >= 4 is 6.21 Å². The van der Waals surface area contributed by atoms with E-state index in [4.69, 9.17) is 0 Å². The third kappa shape index (κ3) is 3.38. The summed E-state index contributed by atoms with van der Waals surface area (Å²) in [5.74, 6) is 0.811. The van der Waals surface area contributed by atoms with E-state index >= 15 is 0 Å². The molecule has 2 unspecified atom stereocenters. The van der Waals surface area contributed by atoms with Gasteiger partial charge in [0.1, 0.15) is 11.5 Å². The van der Waals surface area contributed by atoms with Crippen molar-refractivity contribution in [3.63, 3.8) is 0 Å². The lowest BCUT2D eigenvalue weighted by Gasteiger charge is -2.43. The standard InChI is InChI=1S/C17H24N2O2/c20-15-7-6-14(17(21)10-15)12-18-11-13-4-3-9-19-8-2-1-5-16(13)19/h6-7,10,12-13,16,20-21H,1-5,8-9,11H2. The second-order valence-corrected chi connectivity index (χ2v) is 6.24. The second-order valence-electron chi connectivity index (χ2n) is 6.24. The molecular formula is C17H24N2O2. The molecule has 4 heteroatoms. The van der Waals surface area contributed by atoms with E-state index in [0.29, 0.717) is 17.5 Å². The molecule has 0 spiro atoms. The molecule has 0 amide bonds. The van der Waals surface area contributed by atoms with Crippen molar-refractivity contribution in [1.82, 2.24) is 4.90 Å². The van der Waals surface area contributed by atoms with Gasteiger partial charge in [0.05, 0.1) is 0 Å². The first-order valence-electron chi connectivity index (χ1n) is 8.00. The van der Waals surface area contributed by atoms with Gasteiger partial charge in [-0.1, -0.05) is 6.42 Å². The Morgan fingerprint density at radius 1 is 1.14 bits per heavy atom. The van der Waals surface area contributed by atoms with Gasteiger partial charge in [0.25, 0.3) is 0 Å². The summed E-state index contributed by atoms with van der Waals surface area (Å²) >= 11 is 0. The summed E-state index contributed by atoms with van der Waals surface area (Å²) in [5.41, 5.74) is 0.670. The fourth-order valence-electron chi connectivity index (χ4n) is 3.72. The van der Waals surface area contributed by atoms with Crippen LogP contribution < -0.4 is 0 Å². The van der Waals surface area contributed by atoms with E-state index in [1.807, 2.05) is 0 Å². The Hall–Kier alpha value is -1.55. The van der Waals surface area contributed by atoms with Gasteiger partial charge in [-0.25, -0.2) is 0 Å². The first-order valence-corrected chi connectivity index (χ1v) is 8.00. The zero-order valence-corrected chi connectivity index (χ0v) is 12.4. The average Bonchev–Trinajstić information content (AvgIpc) is 2.50. The number of aliphatic imine (C=N–C) groups is 1. The molecule has 21 heavy (non-hydrogen) atoms. The molecule has 0 saturated carbocycles. The maximum atomic E-state index is 9.76. The summed E-state index contributed by atoms with van der Waals surface area (Å²) in [6, 6.07) is 5.33. The van der Waals surface area contributed by atoms with Gasteiger partial charge in [0.15, 0.2) is 0 Å². The topological polar surface area (TPSA) is 56.1 Å². The number of nitrogens with zero attached hydrogens (tertiary/aromatic N) is 2. The van der Waals surface area contributed by atoms with Gasteiger partial charge < -0.3 is 15.1 Å². The molecule has 2 atom stereocenters. The molecule has 0 radical (unpaired) electrons. The van der Waals surface area contributed by atoms with E-state index in [1.54, 1.807) is 18.3 Å². The smallest absolute Gasteiger partial charge is 0.128 e. The lowest BCUT2D eigenvalue weighted by atomic mass is 9.83. The third-order valence-electron chi connectivity index (χ3n) is 4.81. The van der Waals surface area contributed by atoms with Crippen LogP contribution in [0.15, 0.2) is 23.2 Å². The molecule has 0 aromatic heterocycles. The summed E-state index contributed by atoms with van der Waals surface area (Å²) < 4.78 is 0. The number of aromatic hydroxyl groups is 2. The number of piperidine rings is 2. The number of hydrogen-bond donors (Lipinski definition) is 2. The normalized spacial score (nSPS) is 26.9. The van der Waals surface area contributed by atoms with Gasteiger partial charge in [-0.05, 0) is 56.8 Å². The van der Waals surface area contributed by atoms with Gasteiger partial charge in [-0.3, -0.25) is 4.99 Å². The van der Waals surface area contributed by atoms with Crippen LogP contribution in [-0.4, -0.2) is 47.0 Å². The van der Waals surface area contributed by atoms with E-state index in [9.17, 15) is 10.2 Å². The lowest BCUT2D eigenvalue weighted by Crippen LogP contribution is -2.48. The summed E-state index contributed by atoms with van der Waals surface area (Å²) in [5, 5.41) is 19.0. The molecular weight excluding hydrogens is 264 g/mol. The first kappa shape index (κ1) is 14.4. The van der Waals surface area contributed by atoms with Crippen molar-refractivity contribution in [3.8, 4) is 11.5 Å². The van der Waals surface area contributed by atoms with Crippen molar-refractivity contribution < 1.29 is 10.2 Å². The fraction of sp³-hybridized carbons (Fsp3) is 0.588. The lowest BCUT2D eigenvalue weighted by molar-refractivity contribution is 0.0635. The predicted molar refractivity (Wildman–Crippen MR) is 84.2 cm³/mol. The molecule has 0 aliphatic carbocycles. The average molecular weight is 288 g/mol. The molecule has 4 nitrogen and oxygen atoms in total. The molecule has 2 aliphatic rings. The highest BCUT2D eigenvalue weighted by molar-refractivity contribution is 5.83. The SMILES string of the molecule is Oc1ccc(C=NCC2CCCN3CCCCC23)c(O)c1. The number of hydrogen-bond acceptors (Lipinski definition) is 4. The molecule has 0 bridgehead atoms.